The maximum absolute atomic E-state index is 12.6. The number of aryl methyl sites for hydroxylation is 1. The summed E-state index contributed by atoms with van der Waals surface area (Å²) in [6.45, 7) is 3.84. The van der Waals surface area contributed by atoms with Crippen molar-refractivity contribution in [1.82, 2.24) is 0 Å². The van der Waals surface area contributed by atoms with Gasteiger partial charge in [-0.2, -0.15) is 0 Å². The molecule has 1 atom stereocenters. The normalized spacial score (nSPS) is 12.6. The Labute approximate surface area is 189 Å². The van der Waals surface area contributed by atoms with Crippen LogP contribution in [0, 0.1) is 12.3 Å². The van der Waals surface area contributed by atoms with Crippen LogP contribution >= 0.6 is 0 Å². The number of amidine groups is 1. The van der Waals surface area contributed by atoms with Crippen molar-refractivity contribution in [2.75, 3.05) is 24.3 Å². The van der Waals surface area contributed by atoms with Gasteiger partial charge in [-0.1, -0.05) is 36.8 Å². The summed E-state index contributed by atoms with van der Waals surface area (Å²) in [5.41, 5.74) is 10.3. The van der Waals surface area contributed by atoms with Crippen LogP contribution in [-0.2, 0) is 10.3 Å². The number of carboxylic acid groups (broad SMARTS) is 1. The summed E-state index contributed by atoms with van der Waals surface area (Å²) in [5, 5.41) is 21.1. The van der Waals surface area contributed by atoms with Crippen molar-refractivity contribution in [1.29, 1.82) is 5.41 Å². The highest BCUT2D eigenvalue weighted by Crippen LogP contribution is 2.34. The van der Waals surface area contributed by atoms with Crippen LogP contribution in [-0.4, -0.2) is 31.0 Å². The number of carboxylic acids is 1. The van der Waals surface area contributed by atoms with Gasteiger partial charge in [-0.05, 0) is 72.5 Å². The van der Waals surface area contributed by atoms with E-state index >= 15 is 0 Å². The van der Waals surface area contributed by atoms with Crippen LogP contribution in [0.4, 0.5) is 11.4 Å². The Balaban J connectivity index is 2.05. The lowest BCUT2D eigenvalue weighted by Gasteiger charge is -2.32. The largest absolute Gasteiger partial charge is 0.479 e. The molecule has 0 aromatic heterocycles. The molecule has 0 aliphatic carbocycles. The first-order chi connectivity index (χ1) is 15.2. The summed E-state index contributed by atoms with van der Waals surface area (Å²) in [6, 6.07) is 21.1. The third-order valence-corrected chi connectivity index (χ3v) is 5.74. The van der Waals surface area contributed by atoms with Gasteiger partial charge in [0.1, 0.15) is 5.84 Å². The number of hydrogen-bond donors (Lipinski definition) is 4. The van der Waals surface area contributed by atoms with Gasteiger partial charge in [0.25, 0.3) is 0 Å². The Morgan fingerprint density at radius 3 is 2.16 bits per heavy atom. The first-order valence-electron chi connectivity index (χ1n) is 10.5. The van der Waals surface area contributed by atoms with Crippen LogP contribution in [0.15, 0.2) is 66.7 Å². The predicted octanol–water partition coefficient (Wildman–Crippen LogP) is 4.81. The molecule has 0 aliphatic heterocycles. The molecule has 32 heavy (non-hydrogen) atoms. The molecule has 0 fully saturated rings. The molecule has 0 aliphatic rings. The van der Waals surface area contributed by atoms with Gasteiger partial charge < -0.3 is 21.1 Å². The van der Waals surface area contributed by atoms with E-state index in [4.69, 9.17) is 11.1 Å². The third-order valence-electron chi connectivity index (χ3n) is 5.74. The molecular formula is C26H30N4O2. The molecule has 1 unspecified atom stereocenters. The number of nitrogens with zero attached hydrogens (tertiary/aromatic N) is 1. The average molecular weight is 431 g/mol. The van der Waals surface area contributed by atoms with E-state index in [1.54, 1.807) is 24.3 Å². The zero-order valence-electron chi connectivity index (χ0n) is 18.9. The number of aliphatic carboxylic acids is 1. The van der Waals surface area contributed by atoms with Crippen molar-refractivity contribution in [2.45, 2.75) is 25.8 Å². The van der Waals surface area contributed by atoms with E-state index in [9.17, 15) is 9.90 Å². The van der Waals surface area contributed by atoms with Crippen molar-refractivity contribution < 1.29 is 9.90 Å². The molecule has 0 spiro atoms. The summed E-state index contributed by atoms with van der Waals surface area (Å²) < 4.78 is 0. The van der Waals surface area contributed by atoms with Crippen LogP contribution in [0.1, 0.15) is 30.0 Å². The molecule has 6 nitrogen and oxygen atoms in total. The Morgan fingerprint density at radius 2 is 1.66 bits per heavy atom. The van der Waals surface area contributed by atoms with Crippen LogP contribution in [0.5, 0.6) is 0 Å². The zero-order chi connectivity index (χ0) is 23.5. The first-order valence-corrected chi connectivity index (χ1v) is 10.5. The first kappa shape index (κ1) is 22.9. The summed E-state index contributed by atoms with van der Waals surface area (Å²) in [7, 11) is 3.99. The quantitative estimate of drug-likeness (QED) is 0.303. The number of hydrogen-bond acceptors (Lipinski definition) is 4. The monoisotopic (exact) mass is 430 g/mol. The van der Waals surface area contributed by atoms with Gasteiger partial charge >= 0.3 is 5.97 Å². The van der Waals surface area contributed by atoms with Crippen LogP contribution in [0.2, 0.25) is 0 Å². The molecule has 5 N–H and O–H groups in total. The van der Waals surface area contributed by atoms with Crippen molar-refractivity contribution >= 4 is 23.2 Å². The van der Waals surface area contributed by atoms with Crippen molar-refractivity contribution in [3.63, 3.8) is 0 Å². The molecule has 3 rings (SSSR count). The van der Waals surface area contributed by atoms with Gasteiger partial charge in [-0.15, -0.1) is 0 Å². The summed E-state index contributed by atoms with van der Waals surface area (Å²) in [4.78, 5) is 14.6. The second kappa shape index (κ2) is 9.14. The lowest BCUT2D eigenvalue weighted by molar-refractivity contribution is -0.142. The minimum Gasteiger partial charge on any atom is -0.479 e. The number of carbonyl (C=O) groups is 1. The number of nitrogens with one attached hydrogen (secondary N) is 2. The lowest BCUT2D eigenvalue weighted by Crippen LogP contribution is -2.43. The molecule has 0 saturated heterocycles. The van der Waals surface area contributed by atoms with Gasteiger partial charge in [0, 0.05) is 31.0 Å². The maximum atomic E-state index is 12.6. The minimum absolute atomic E-state index is 0.0276. The van der Waals surface area contributed by atoms with E-state index in [2.05, 4.69) is 35.6 Å². The number of rotatable bonds is 8. The topological polar surface area (TPSA) is 102 Å². The standard InChI is InChI=1S/C26H30N4O2/c1-5-26(25(31)32,29-22-10-6-19(7-11-22)24(27)28)21-15-17(2)14-20(16-21)18-8-12-23(13-9-18)30(3)4/h6-16,29H,5H2,1-4H3,(H3,27,28)(H,31,32). The van der Waals surface area contributed by atoms with Gasteiger partial charge in [-0.3, -0.25) is 5.41 Å². The van der Waals surface area contributed by atoms with Gasteiger partial charge in [0.15, 0.2) is 5.54 Å². The van der Waals surface area contributed by atoms with E-state index in [-0.39, 0.29) is 5.84 Å². The van der Waals surface area contributed by atoms with Gasteiger partial charge in [-0.25, -0.2) is 4.79 Å². The van der Waals surface area contributed by atoms with Crippen LogP contribution in [0.25, 0.3) is 11.1 Å². The summed E-state index contributed by atoms with van der Waals surface area (Å²) in [6.07, 6.45) is 0.346. The van der Waals surface area contributed by atoms with Crippen molar-refractivity contribution in [3.8, 4) is 11.1 Å². The van der Waals surface area contributed by atoms with E-state index in [0.29, 0.717) is 23.2 Å². The third kappa shape index (κ3) is 4.59. The van der Waals surface area contributed by atoms with E-state index in [1.807, 2.05) is 45.0 Å². The van der Waals surface area contributed by atoms with Gasteiger partial charge in [0.05, 0.1) is 0 Å². The highest BCUT2D eigenvalue weighted by molar-refractivity contribution is 5.95. The predicted molar refractivity (Wildman–Crippen MR) is 132 cm³/mol. The molecule has 0 saturated carbocycles. The fourth-order valence-corrected chi connectivity index (χ4v) is 3.82. The molecule has 3 aromatic rings. The average Bonchev–Trinajstić information content (AvgIpc) is 2.77. The highest BCUT2D eigenvalue weighted by atomic mass is 16.4. The molecule has 6 heteroatoms. The SMILES string of the molecule is CCC(Nc1ccc(C(=N)N)cc1)(C(=O)O)c1cc(C)cc(-c2ccc(N(C)C)cc2)c1. The van der Waals surface area contributed by atoms with E-state index in [1.165, 1.54) is 0 Å². The molecule has 0 radical (unpaired) electrons. The van der Waals surface area contributed by atoms with Crippen LogP contribution in [0.3, 0.4) is 0 Å². The number of nitrogen functional groups attached to an aromatic ring is 1. The molecule has 166 valence electrons. The maximum Gasteiger partial charge on any atom is 0.334 e. The fourth-order valence-electron chi connectivity index (χ4n) is 3.82. The molecule has 0 heterocycles. The Kier molecular flexibility index (Phi) is 6.53. The minimum atomic E-state index is -1.30. The van der Waals surface area contributed by atoms with Crippen LogP contribution < -0.4 is 16.0 Å². The second-order valence-electron chi connectivity index (χ2n) is 8.21. The summed E-state index contributed by atoms with van der Waals surface area (Å²) >= 11 is 0. The van der Waals surface area contributed by atoms with Crippen molar-refractivity contribution in [2.24, 2.45) is 5.73 Å². The van der Waals surface area contributed by atoms with Gasteiger partial charge in [0.2, 0.25) is 0 Å². The van der Waals surface area contributed by atoms with Crippen molar-refractivity contribution in [3.05, 3.63) is 83.4 Å². The Morgan fingerprint density at radius 1 is 1.03 bits per heavy atom. The number of nitrogens with two attached hydrogens (primary N) is 1. The Bertz CT molecular complexity index is 1120. The molecule has 0 amide bonds. The Hall–Kier alpha value is -3.80. The zero-order valence-corrected chi connectivity index (χ0v) is 18.9. The number of anilines is 2. The second-order valence-corrected chi connectivity index (χ2v) is 8.21. The van der Waals surface area contributed by atoms with E-state index in [0.717, 1.165) is 22.4 Å². The number of benzene rings is 3. The van der Waals surface area contributed by atoms with E-state index < -0.39 is 11.5 Å². The lowest BCUT2D eigenvalue weighted by atomic mass is 9.84. The summed E-state index contributed by atoms with van der Waals surface area (Å²) in [5.74, 6) is -0.977. The molecule has 3 aromatic carbocycles. The fraction of sp³-hybridized carbons (Fsp3) is 0.231. The molecular weight excluding hydrogens is 400 g/mol. The smallest absolute Gasteiger partial charge is 0.334 e. The highest BCUT2D eigenvalue weighted by Gasteiger charge is 2.39. The molecule has 0 bridgehead atoms.